The predicted octanol–water partition coefficient (Wildman–Crippen LogP) is 4.41. The average Bonchev–Trinajstić information content (AvgIpc) is 2.78. The van der Waals surface area contributed by atoms with E-state index < -0.39 is 0 Å². The van der Waals surface area contributed by atoms with E-state index in [1.807, 2.05) is 102 Å². The third-order valence-corrected chi connectivity index (χ3v) is 4.43. The lowest BCUT2D eigenvalue weighted by Crippen LogP contribution is -2.26. The molecule has 0 saturated heterocycles. The molecule has 0 spiro atoms. The first-order valence-electron chi connectivity index (χ1n) is 9.50. The molecular formula is C25H23N3O. The van der Waals surface area contributed by atoms with Crippen molar-refractivity contribution < 1.29 is 4.79 Å². The van der Waals surface area contributed by atoms with E-state index in [0.717, 1.165) is 16.7 Å². The molecule has 0 aliphatic rings. The number of nitrogens with one attached hydrogen (secondary N) is 1. The molecule has 144 valence electrons. The predicted molar refractivity (Wildman–Crippen MR) is 114 cm³/mol. The van der Waals surface area contributed by atoms with Gasteiger partial charge in [0.25, 0.3) is 5.91 Å². The maximum atomic E-state index is 12.6. The van der Waals surface area contributed by atoms with Crippen LogP contribution in [0.2, 0.25) is 0 Å². The standard InChI is InChI=1S/C25H23N3O/c26-16-24(25(29)27-17-21-10-4-1-5-11-21)20-28(18-22-12-6-2-7-13-22)19-23-14-8-3-9-15-23/h1-15,20H,17-19H2,(H,27,29)/b24-20-. The van der Waals surface area contributed by atoms with Gasteiger partial charge in [-0.15, -0.1) is 0 Å². The number of carbonyl (C=O) groups is 1. The maximum absolute atomic E-state index is 12.6. The Bertz CT molecular complexity index is 935. The summed E-state index contributed by atoms with van der Waals surface area (Å²) in [5, 5.41) is 12.4. The SMILES string of the molecule is N#C/C(=C/N(Cc1ccccc1)Cc1ccccc1)C(=O)NCc1ccccc1. The summed E-state index contributed by atoms with van der Waals surface area (Å²) in [4.78, 5) is 14.6. The van der Waals surface area contributed by atoms with Gasteiger partial charge in [-0.3, -0.25) is 4.79 Å². The van der Waals surface area contributed by atoms with Crippen LogP contribution in [0.15, 0.2) is 103 Å². The van der Waals surface area contributed by atoms with Crippen molar-refractivity contribution in [2.75, 3.05) is 0 Å². The van der Waals surface area contributed by atoms with Crippen LogP contribution in [0.5, 0.6) is 0 Å². The Morgan fingerprint density at radius 1 is 0.793 bits per heavy atom. The van der Waals surface area contributed by atoms with Crippen LogP contribution in [-0.2, 0) is 24.4 Å². The average molecular weight is 381 g/mol. The molecule has 3 rings (SSSR count). The van der Waals surface area contributed by atoms with Crippen molar-refractivity contribution in [2.45, 2.75) is 19.6 Å². The summed E-state index contributed by atoms with van der Waals surface area (Å²) in [6, 6.07) is 31.7. The van der Waals surface area contributed by atoms with E-state index in [4.69, 9.17) is 0 Å². The Kier molecular flexibility index (Phi) is 7.20. The molecule has 1 N–H and O–H groups in total. The Labute approximate surface area is 171 Å². The lowest BCUT2D eigenvalue weighted by molar-refractivity contribution is -0.117. The first-order valence-corrected chi connectivity index (χ1v) is 9.50. The molecule has 4 nitrogen and oxygen atoms in total. The van der Waals surface area contributed by atoms with Gasteiger partial charge in [0.1, 0.15) is 11.6 Å². The Morgan fingerprint density at radius 2 is 1.24 bits per heavy atom. The van der Waals surface area contributed by atoms with Gasteiger partial charge in [0.05, 0.1) is 0 Å². The topological polar surface area (TPSA) is 56.1 Å². The van der Waals surface area contributed by atoms with E-state index in [0.29, 0.717) is 19.6 Å². The van der Waals surface area contributed by atoms with Gasteiger partial charge in [-0.2, -0.15) is 5.26 Å². The summed E-state index contributed by atoms with van der Waals surface area (Å²) in [6.07, 6.45) is 1.65. The Balaban J connectivity index is 1.75. The molecule has 0 atom stereocenters. The smallest absolute Gasteiger partial charge is 0.263 e. The Morgan fingerprint density at radius 3 is 1.69 bits per heavy atom. The van der Waals surface area contributed by atoms with Gasteiger partial charge in [-0.05, 0) is 16.7 Å². The van der Waals surface area contributed by atoms with Crippen molar-refractivity contribution >= 4 is 5.91 Å². The van der Waals surface area contributed by atoms with Crippen molar-refractivity contribution in [3.63, 3.8) is 0 Å². The molecule has 4 heteroatoms. The highest BCUT2D eigenvalue weighted by atomic mass is 16.1. The zero-order valence-electron chi connectivity index (χ0n) is 16.2. The second-order valence-electron chi connectivity index (χ2n) is 6.70. The lowest BCUT2D eigenvalue weighted by Gasteiger charge is -2.21. The van der Waals surface area contributed by atoms with E-state index >= 15 is 0 Å². The second-order valence-corrected chi connectivity index (χ2v) is 6.70. The quantitative estimate of drug-likeness (QED) is 0.464. The number of benzene rings is 3. The minimum absolute atomic E-state index is 0.0905. The Hall–Kier alpha value is -3.84. The van der Waals surface area contributed by atoms with Crippen molar-refractivity contribution in [2.24, 2.45) is 0 Å². The van der Waals surface area contributed by atoms with Gasteiger partial charge < -0.3 is 10.2 Å². The summed E-state index contributed by atoms with van der Waals surface area (Å²) in [7, 11) is 0. The van der Waals surface area contributed by atoms with E-state index in [1.165, 1.54) is 0 Å². The van der Waals surface area contributed by atoms with E-state index in [2.05, 4.69) is 5.32 Å². The van der Waals surface area contributed by atoms with Crippen molar-refractivity contribution in [3.05, 3.63) is 119 Å². The highest BCUT2D eigenvalue weighted by molar-refractivity contribution is 5.97. The van der Waals surface area contributed by atoms with Crippen LogP contribution in [0, 0.1) is 11.3 Å². The molecule has 0 fully saturated rings. The molecular weight excluding hydrogens is 358 g/mol. The zero-order chi connectivity index (χ0) is 20.3. The van der Waals surface area contributed by atoms with Crippen molar-refractivity contribution in [3.8, 4) is 6.07 Å². The molecule has 0 heterocycles. The molecule has 0 aromatic heterocycles. The van der Waals surface area contributed by atoms with Crippen LogP contribution >= 0.6 is 0 Å². The zero-order valence-corrected chi connectivity index (χ0v) is 16.2. The summed E-state index contributed by atoms with van der Waals surface area (Å²) < 4.78 is 0. The third-order valence-electron chi connectivity index (χ3n) is 4.43. The van der Waals surface area contributed by atoms with Gasteiger partial charge in [-0.25, -0.2) is 0 Å². The molecule has 1 amide bonds. The fourth-order valence-electron chi connectivity index (χ4n) is 2.98. The van der Waals surface area contributed by atoms with E-state index in [9.17, 15) is 10.1 Å². The lowest BCUT2D eigenvalue weighted by atomic mass is 10.1. The molecule has 0 unspecified atom stereocenters. The van der Waals surface area contributed by atoms with Crippen LogP contribution in [-0.4, -0.2) is 10.8 Å². The number of hydrogen-bond acceptors (Lipinski definition) is 3. The molecule has 0 bridgehead atoms. The number of hydrogen-bond donors (Lipinski definition) is 1. The van der Waals surface area contributed by atoms with Crippen LogP contribution in [0.4, 0.5) is 0 Å². The van der Waals surface area contributed by atoms with Crippen LogP contribution in [0.25, 0.3) is 0 Å². The highest BCUT2D eigenvalue weighted by Gasteiger charge is 2.12. The summed E-state index contributed by atoms with van der Waals surface area (Å²) in [5.74, 6) is -0.373. The van der Waals surface area contributed by atoms with Crippen LogP contribution < -0.4 is 5.32 Å². The van der Waals surface area contributed by atoms with Gasteiger partial charge in [0.2, 0.25) is 0 Å². The van der Waals surface area contributed by atoms with Gasteiger partial charge in [0.15, 0.2) is 0 Å². The molecule has 0 radical (unpaired) electrons. The first-order chi connectivity index (χ1) is 14.2. The minimum atomic E-state index is -0.373. The molecule has 3 aromatic rings. The molecule has 0 aliphatic carbocycles. The summed E-state index contributed by atoms with van der Waals surface area (Å²) >= 11 is 0. The summed E-state index contributed by atoms with van der Waals surface area (Å²) in [6.45, 7) is 1.59. The van der Waals surface area contributed by atoms with Gasteiger partial charge in [-0.1, -0.05) is 91.0 Å². The van der Waals surface area contributed by atoms with Gasteiger partial charge >= 0.3 is 0 Å². The number of nitrogens with zero attached hydrogens (tertiary/aromatic N) is 2. The molecule has 0 aliphatic heterocycles. The second kappa shape index (κ2) is 10.5. The number of carbonyl (C=O) groups excluding carboxylic acids is 1. The monoisotopic (exact) mass is 381 g/mol. The fourth-order valence-corrected chi connectivity index (χ4v) is 2.98. The van der Waals surface area contributed by atoms with Crippen molar-refractivity contribution in [1.82, 2.24) is 10.2 Å². The summed E-state index contributed by atoms with van der Waals surface area (Å²) in [5.41, 5.74) is 3.31. The van der Waals surface area contributed by atoms with Crippen LogP contribution in [0.1, 0.15) is 16.7 Å². The third kappa shape index (κ3) is 6.37. The first kappa shape index (κ1) is 19.9. The molecule has 29 heavy (non-hydrogen) atoms. The van der Waals surface area contributed by atoms with E-state index in [-0.39, 0.29) is 11.5 Å². The highest BCUT2D eigenvalue weighted by Crippen LogP contribution is 2.12. The van der Waals surface area contributed by atoms with Crippen molar-refractivity contribution in [1.29, 1.82) is 5.26 Å². The number of amides is 1. The fraction of sp³-hybridized carbons (Fsp3) is 0.120. The number of rotatable bonds is 8. The van der Waals surface area contributed by atoms with E-state index in [1.54, 1.807) is 6.20 Å². The number of nitriles is 1. The molecule has 0 saturated carbocycles. The van der Waals surface area contributed by atoms with Gasteiger partial charge in [0, 0.05) is 25.8 Å². The normalized spacial score (nSPS) is 10.8. The minimum Gasteiger partial charge on any atom is -0.367 e. The maximum Gasteiger partial charge on any atom is 0.263 e. The molecule has 3 aromatic carbocycles. The van der Waals surface area contributed by atoms with Crippen LogP contribution in [0.3, 0.4) is 0 Å². The largest absolute Gasteiger partial charge is 0.367 e.